The third-order valence-corrected chi connectivity index (χ3v) is 4.32. The Morgan fingerprint density at radius 2 is 1.68 bits per heavy atom. The molecule has 1 aromatic carbocycles. The van der Waals surface area contributed by atoms with Gasteiger partial charge >= 0.3 is 0 Å². The molecule has 1 fully saturated rings. The van der Waals surface area contributed by atoms with Crippen LogP contribution in [0.25, 0.3) is 0 Å². The summed E-state index contributed by atoms with van der Waals surface area (Å²) in [6.45, 7) is 12.1. The minimum absolute atomic E-state index is 0.0374. The molecular weight excluding hydrogens is 276 g/mol. The number of methoxy groups -OCH3 is 2. The van der Waals surface area contributed by atoms with E-state index in [1.54, 1.807) is 14.2 Å². The van der Waals surface area contributed by atoms with E-state index in [-0.39, 0.29) is 5.41 Å². The zero-order valence-electron chi connectivity index (χ0n) is 14.7. The lowest BCUT2D eigenvalue weighted by atomic mass is 9.85. The number of rotatable bonds is 5. The molecule has 0 aromatic heterocycles. The van der Waals surface area contributed by atoms with Crippen LogP contribution in [0, 0.1) is 0 Å². The molecule has 22 heavy (non-hydrogen) atoms. The van der Waals surface area contributed by atoms with Crippen LogP contribution >= 0.6 is 0 Å². The van der Waals surface area contributed by atoms with E-state index in [0.717, 1.165) is 50.6 Å². The van der Waals surface area contributed by atoms with Crippen molar-refractivity contribution in [1.29, 1.82) is 0 Å². The molecule has 1 aliphatic heterocycles. The second-order valence-corrected chi connectivity index (χ2v) is 6.96. The first-order valence-electron chi connectivity index (χ1n) is 8.14. The van der Waals surface area contributed by atoms with E-state index < -0.39 is 0 Å². The van der Waals surface area contributed by atoms with Gasteiger partial charge in [0.2, 0.25) is 0 Å². The monoisotopic (exact) mass is 306 g/mol. The summed E-state index contributed by atoms with van der Waals surface area (Å²) in [7, 11) is 3.50. The summed E-state index contributed by atoms with van der Waals surface area (Å²) in [6, 6.07) is 4.30. The van der Waals surface area contributed by atoms with Gasteiger partial charge in [-0.2, -0.15) is 0 Å². The highest BCUT2D eigenvalue weighted by Gasteiger charge is 2.22. The highest BCUT2D eigenvalue weighted by atomic mass is 16.5. The second-order valence-electron chi connectivity index (χ2n) is 6.96. The van der Waals surface area contributed by atoms with Crippen molar-refractivity contribution >= 4 is 0 Å². The van der Waals surface area contributed by atoms with Gasteiger partial charge in [0.05, 0.1) is 14.2 Å². The second kappa shape index (κ2) is 7.34. The lowest BCUT2D eigenvalue weighted by molar-refractivity contribution is 0.243. The fraction of sp³-hybridized carbons (Fsp3) is 0.667. The van der Waals surface area contributed by atoms with Gasteiger partial charge in [-0.1, -0.05) is 20.8 Å². The molecule has 0 amide bonds. The number of nitrogens with zero attached hydrogens (tertiary/aromatic N) is 1. The van der Waals surface area contributed by atoms with E-state index in [0.29, 0.717) is 0 Å². The van der Waals surface area contributed by atoms with Crippen molar-refractivity contribution in [2.24, 2.45) is 0 Å². The van der Waals surface area contributed by atoms with E-state index in [4.69, 9.17) is 9.47 Å². The van der Waals surface area contributed by atoms with Crippen molar-refractivity contribution in [3.63, 3.8) is 0 Å². The van der Waals surface area contributed by atoms with Gasteiger partial charge in [0.1, 0.15) is 11.5 Å². The van der Waals surface area contributed by atoms with E-state index in [2.05, 4.69) is 43.1 Å². The number of ether oxygens (including phenoxy) is 2. The summed E-state index contributed by atoms with van der Waals surface area (Å²) in [4.78, 5) is 2.50. The van der Waals surface area contributed by atoms with Gasteiger partial charge in [0.25, 0.3) is 0 Å². The lowest BCUT2D eigenvalue weighted by Crippen LogP contribution is -2.44. The molecule has 0 radical (unpaired) electrons. The van der Waals surface area contributed by atoms with Crippen LogP contribution in [0.4, 0.5) is 0 Å². The summed E-state index contributed by atoms with van der Waals surface area (Å²) in [5, 5.41) is 3.39. The average molecular weight is 306 g/mol. The van der Waals surface area contributed by atoms with Crippen LogP contribution in [0.1, 0.15) is 31.9 Å². The molecule has 1 heterocycles. The topological polar surface area (TPSA) is 33.7 Å². The quantitative estimate of drug-likeness (QED) is 0.906. The van der Waals surface area contributed by atoms with Crippen molar-refractivity contribution in [2.75, 3.05) is 46.9 Å². The average Bonchev–Trinajstić information content (AvgIpc) is 2.52. The van der Waals surface area contributed by atoms with Crippen molar-refractivity contribution in [1.82, 2.24) is 10.2 Å². The molecule has 0 unspecified atom stereocenters. The molecule has 1 aromatic rings. The van der Waals surface area contributed by atoms with Crippen LogP contribution < -0.4 is 14.8 Å². The Morgan fingerprint density at radius 1 is 1.05 bits per heavy atom. The predicted molar refractivity (Wildman–Crippen MR) is 91.3 cm³/mol. The lowest BCUT2D eigenvalue weighted by Gasteiger charge is -2.28. The smallest absolute Gasteiger partial charge is 0.123 e. The molecule has 0 bridgehead atoms. The molecule has 1 saturated heterocycles. The van der Waals surface area contributed by atoms with Gasteiger partial charge in [-0.3, -0.25) is 0 Å². The molecule has 0 atom stereocenters. The van der Waals surface area contributed by atoms with E-state index in [1.807, 2.05) is 0 Å². The number of piperazine rings is 1. The molecule has 0 aliphatic carbocycles. The number of hydrogen-bond donors (Lipinski definition) is 1. The van der Waals surface area contributed by atoms with Crippen molar-refractivity contribution in [2.45, 2.75) is 32.6 Å². The third kappa shape index (κ3) is 4.14. The molecule has 124 valence electrons. The zero-order valence-corrected chi connectivity index (χ0v) is 14.7. The molecule has 0 saturated carbocycles. The molecule has 4 nitrogen and oxygen atoms in total. The van der Waals surface area contributed by atoms with Crippen LogP contribution in [-0.2, 0) is 11.8 Å². The summed E-state index contributed by atoms with van der Waals surface area (Å²) in [5.74, 6) is 1.93. The maximum atomic E-state index is 5.63. The summed E-state index contributed by atoms with van der Waals surface area (Å²) < 4.78 is 11.3. The maximum Gasteiger partial charge on any atom is 0.123 e. The molecule has 4 heteroatoms. The number of benzene rings is 1. The Morgan fingerprint density at radius 3 is 2.23 bits per heavy atom. The summed E-state index contributed by atoms with van der Waals surface area (Å²) in [6.07, 6.45) is 0.990. The fourth-order valence-electron chi connectivity index (χ4n) is 2.96. The number of hydrogen-bond acceptors (Lipinski definition) is 4. The third-order valence-electron chi connectivity index (χ3n) is 4.32. The van der Waals surface area contributed by atoms with Gasteiger partial charge in [0, 0.05) is 38.3 Å². The molecule has 1 N–H and O–H groups in total. The largest absolute Gasteiger partial charge is 0.496 e. The Hall–Kier alpha value is -1.26. The number of nitrogens with one attached hydrogen (secondary N) is 1. The Bertz CT molecular complexity index is 489. The normalized spacial score (nSPS) is 16.6. The Balaban J connectivity index is 2.19. The van der Waals surface area contributed by atoms with Gasteiger partial charge < -0.3 is 19.7 Å². The minimum Gasteiger partial charge on any atom is -0.496 e. The molecule has 0 spiro atoms. The van der Waals surface area contributed by atoms with Gasteiger partial charge in [-0.05, 0) is 29.5 Å². The van der Waals surface area contributed by atoms with Crippen LogP contribution in [0.3, 0.4) is 0 Å². The van der Waals surface area contributed by atoms with Gasteiger partial charge in [0.15, 0.2) is 0 Å². The zero-order chi connectivity index (χ0) is 16.2. The van der Waals surface area contributed by atoms with Crippen molar-refractivity contribution in [3.8, 4) is 11.5 Å². The SMILES string of the molecule is COc1cc(C(C)(C)C)c(OC)cc1CCN1CCNCC1. The Labute approximate surface area is 134 Å². The Kier molecular flexibility index (Phi) is 5.70. The van der Waals surface area contributed by atoms with E-state index in [1.165, 1.54) is 11.1 Å². The highest BCUT2D eigenvalue weighted by molar-refractivity contribution is 5.49. The fourth-order valence-corrected chi connectivity index (χ4v) is 2.96. The molecular formula is C18H30N2O2. The van der Waals surface area contributed by atoms with E-state index >= 15 is 0 Å². The van der Waals surface area contributed by atoms with Crippen LogP contribution in [0.15, 0.2) is 12.1 Å². The van der Waals surface area contributed by atoms with Crippen LogP contribution in [0.2, 0.25) is 0 Å². The standard InChI is InChI=1S/C18H30N2O2/c1-18(2,3)15-13-16(21-4)14(12-17(15)22-5)6-9-20-10-7-19-8-11-20/h12-13,19H,6-11H2,1-5H3. The first-order chi connectivity index (χ1) is 10.5. The van der Waals surface area contributed by atoms with Gasteiger partial charge in [-0.25, -0.2) is 0 Å². The summed E-state index contributed by atoms with van der Waals surface area (Å²) >= 11 is 0. The first kappa shape index (κ1) is 17.1. The maximum absolute atomic E-state index is 5.63. The minimum atomic E-state index is 0.0374. The first-order valence-corrected chi connectivity index (χ1v) is 8.14. The molecule has 1 aliphatic rings. The van der Waals surface area contributed by atoms with E-state index in [9.17, 15) is 0 Å². The van der Waals surface area contributed by atoms with Crippen LogP contribution in [-0.4, -0.2) is 51.8 Å². The highest BCUT2D eigenvalue weighted by Crippen LogP contribution is 2.36. The van der Waals surface area contributed by atoms with Crippen molar-refractivity contribution < 1.29 is 9.47 Å². The van der Waals surface area contributed by atoms with Crippen molar-refractivity contribution in [3.05, 3.63) is 23.3 Å². The predicted octanol–water partition coefficient (Wildman–Crippen LogP) is 2.45. The van der Waals surface area contributed by atoms with Gasteiger partial charge in [-0.15, -0.1) is 0 Å². The van der Waals surface area contributed by atoms with Crippen LogP contribution in [0.5, 0.6) is 11.5 Å². The molecule has 2 rings (SSSR count). The summed E-state index contributed by atoms with van der Waals surface area (Å²) in [5.41, 5.74) is 2.46.